The van der Waals surface area contributed by atoms with Gasteiger partial charge in [-0.1, -0.05) is 6.07 Å². The molecule has 1 aliphatic heterocycles. The summed E-state index contributed by atoms with van der Waals surface area (Å²) in [6, 6.07) is 6.98. The molecule has 3 rings (SSSR count). The van der Waals surface area contributed by atoms with Crippen molar-refractivity contribution in [2.75, 3.05) is 0 Å². The first-order valence-electron chi connectivity index (χ1n) is 9.79. The summed E-state index contributed by atoms with van der Waals surface area (Å²) in [5.41, 5.74) is 0.144. The molecule has 0 N–H and O–H groups in total. The number of benzene rings is 2. The maximum absolute atomic E-state index is 13.1. The summed E-state index contributed by atoms with van der Waals surface area (Å²) in [6.45, 7) is 4.73. The van der Waals surface area contributed by atoms with E-state index in [1.807, 2.05) is 0 Å². The van der Waals surface area contributed by atoms with Gasteiger partial charge in [0.2, 0.25) is 0 Å². The minimum absolute atomic E-state index is 0.0144. The first-order valence-corrected chi connectivity index (χ1v) is 9.79. The van der Waals surface area contributed by atoms with Crippen molar-refractivity contribution in [3.8, 4) is 28.7 Å². The largest absolute Gasteiger partial charge is 0.484 e. The summed E-state index contributed by atoms with van der Waals surface area (Å²) >= 11 is 0. The molecule has 0 radical (unpaired) electrons. The zero-order chi connectivity index (χ0) is 24.3. The van der Waals surface area contributed by atoms with Crippen LogP contribution in [0.4, 0.5) is 0 Å². The summed E-state index contributed by atoms with van der Waals surface area (Å²) in [6.07, 6.45) is -1.28. The second-order valence-corrected chi connectivity index (χ2v) is 7.07. The van der Waals surface area contributed by atoms with Crippen LogP contribution in [0.5, 0.6) is 28.7 Å². The quantitative estimate of drug-likeness (QED) is 0.488. The van der Waals surface area contributed by atoms with Gasteiger partial charge < -0.3 is 23.7 Å². The van der Waals surface area contributed by atoms with Gasteiger partial charge >= 0.3 is 23.9 Å². The van der Waals surface area contributed by atoms with E-state index in [0.29, 0.717) is 0 Å². The summed E-state index contributed by atoms with van der Waals surface area (Å²) in [5, 5.41) is 0. The lowest BCUT2D eigenvalue weighted by Gasteiger charge is -2.28. The summed E-state index contributed by atoms with van der Waals surface area (Å²) in [7, 11) is 0. The van der Waals surface area contributed by atoms with E-state index in [2.05, 4.69) is 0 Å². The van der Waals surface area contributed by atoms with Crippen LogP contribution >= 0.6 is 0 Å². The number of Topliss-reactive ketones (excluding diaryl/α,β-unsaturated/α-hetero) is 1. The van der Waals surface area contributed by atoms with Crippen LogP contribution in [0.3, 0.4) is 0 Å². The van der Waals surface area contributed by atoms with Crippen molar-refractivity contribution >= 4 is 29.7 Å². The van der Waals surface area contributed by atoms with E-state index in [1.165, 1.54) is 51.1 Å². The molecule has 0 unspecified atom stereocenters. The molecule has 0 aliphatic carbocycles. The molecule has 10 heteroatoms. The highest BCUT2D eigenvalue weighted by atomic mass is 16.6. The highest BCUT2D eigenvalue weighted by Crippen LogP contribution is 2.46. The fourth-order valence-corrected chi connectivity index (χ4v) is 3.35. The lowest BCUT2D eigenvalue weighted by atomic mass is 9.94. The van der Waals surface area contributed by atoms with Crippen LogP contribution in [0, 0.1) is 0 Å². The van der Waals surface area contributed by atoms with Gasteiger partial charge in [-0.3, -0.25) is 24.0 Å². The Morgan fingerprint density at radius 2 is 1.30 bits per heavy atom. The van der Waals surface area contributed by atoms with Gasteiger partial charge in [0.05, 0.1) is 12.0 Å². The molecule has 0 aromatic heterocycles. The van der Waals surface area contributed by atoms with Crippen molar-refractivity contribution in [2.45, 2.75) is 40.2 Å². The predicted molar refractivity (Wildman–Crippen MR) is 110 cm³/mol. The van der Waals surface area contributed by atoms with Gasteiger partial charge in [-0.25, -0.2) is 0 Å². The summed E-state index contributed by atoms with van der Waals surface area (Å²) in [5.74, 6) is -3.15. The molecule has 0 amide bonds. The van der Waals surface area contributed by atoms with E-state index in [4.69, 9.17) is 23.7 Å². The van der Waals surface area contributed by atoms with Crippen molar-refractivity contribution in [1.82, 2.24) is 0 Å². The lowest BCUT2D eigenvalue weighted by Crippen LogP contribution is -2.23. The molecule has 0 saturated heterocycles. The second-order valence-electron chi connectivity index (χ2n) is 7.07. The van der Waals surface area contributed by atoms with Crippen molar-refractivity contribution in [1.29, 1.82) is 0 Å². The van der Waals surface area contributed by atoms with Crippen molar-refractivity contribution in [2.24, 2.45) is 0 Å². The summed E-state index contributed by atoms with van der Waals surface area (Å²) in [4.78, 5) is 59.3. The van der Waals surface area contributed by atoms with Crippen LogP contribution in [-0.2, 0) is 19.2 Å². The number of esters is 4. The van der Waals surface area contributed by atoms with Crippen LogP contribution in [0.15, 0.2) is 30.3 Å². The van der Waals surface area contributed by atoms with Crippen LogP contribution in [-0.4, -0.2) is 29.7 Å². The van der Waals surface area contributed by atoms with Crippen LogP contribution in [0.25, 0.3) is 0 Å². The normalized spacial score (nSPS) is 14.4. The number of rotatable bonds is 5. The maximum atomic E-state index is 13.1. The first kappa shape index (κ1) is 23.5. The molecule has 33 heavy (non-hydrogen) atoms. The highest BCUT2D eigenvalue weighted by Gasteiger charge is 2.35. The molecule has 1 atom stereocenters. The molecule has 0 saturated carbocycles. The van der Waals surface area contributed by atoms with E-state index in [9.17, 15) is 24.0 Å². The van der Waals surface area contributed by atoms with E-state index < -0.39 is 35.8 Å². The van der Waals surface area contributed by atoms with Gasteiger partial charge in [-0.05, 0) is 12.1 Å². The smallest absolute Gasteiger partial charge is 0.308 e. The monoisotopic (exact) mass is 456 g/mol. The number of carbonyl (C=O) groups is 5. The van der Waals surface area contributed by atoms with Crippen LogP contribution < -0.4 is 23.7 Å². The minimum Gasteiger partial charge on any atom is -0.484 e. The number of ketones is 1. The minimum atomic E-state index is -1.03. The Labute approximate surface area is 188 Å². The van der Waals surface area contributed by atoms with E-state index >= 15 is 0 Å². The first-order chi connectivity index (χ1) is 15.5. The van der Waals surface area contributed by atoms with Gasteiger partial charge in [0.25, 0.3) is 0 Å². The Bertz CT molecular complexity index is 1130. The number of fused-ring (bicyclic) bond motifs is 1. The number of hydrogen-bond acceptors (Lipinski definition) is 10. The van der Waals surface area contributed by atoms with E-state index in [-0.39, 0.29) is 46.3 Å². The lowest BCUT2D eigenvalue weighted by molar-refractivity contribution is -0.133. The highest BCUT2D eigenvalue weighted by molar-refractivity contribution is 6.03. The Balaban J connectivity index is 2.13. The van der Waals surface area contributed by atoms with Gasteiger partial charge in [0, 0.05) is 39.8 Å². The molecule has 1 heterocycles. The van der Waals surface area contributed by atoms with E-state index in [0.717, 1.165) is 6.92 Å². The number of hydrogen-bond donors (Lipinski definition) is 0. The fourth-order valence-electron chi connectivity index (χ4n) is 3.35. The Kier molecular flexibility index (Phi) is 6.76. The van der Waals surface area contributed by atoms with E-state index in [1.54, 1.807) is 0 Å². The van der Waals surface area contributed by atoms with Gasteiger partial charge in [0.1, 0.15) is 40.4 Å². The number of carbonyl (C=O) groups excluding carboxylic acids is 5. The molecule has 2 aromatic carbocycles. The average Bonchev–Trinajstić information content (AvgIpc) is 2.65. The Morgan fingerprint density at radius 1 is 0.788 bits per heavy atom. The molecule has 0 bridgehead atoms. The molecular formula is C23H20O10. The Morgan fingerprint density at radius 3 is 1.82 bits per heavy atom. The molecule has 172 valence electrons. The summed E-state index contributed by atoms with van der Waals surface area (Å²) < 4.78 is 26.7. The molecule has 1 aliphatic rings. The van der Waals surface area contributed by atoms with Gasteiger partial charge in [0.15, 0.2) is 5.78 Å². The third-order valence-corrected chi connectivity index (χ3v) is 4.33. The SMILES string of the molecule is CC(=O)Oc1cc(OC(C)=O)c2c(c1)O[C@@H](c1c(OC(C)=O)cccc1OC(C)=O)CC2=O. The topological polar surface area (TPSA) is 132 Å². The van der Waals surface area contributed by atoms with Gasteiger partial charge in [-0.15, -0.1) is 0 Å². The van der Waals surface area contributed by atoms with Crippen molar-refractivity contribution < 1.29 is 47.7 Å². The average molecular weight is 456 g/mol. The maximum Gasteiger partial charge on any atom is 0.308 e. The van der Waals surface area contributed by atoms with Crippen LogP contribution in [0.1, 0.15) is 56.1 Å². The zero-order valence-corrected chi connectivity index (χ0v) is 18.3. The third kappa shape index (κ3) is 5.53. The molecular weight excluding hydrogens is 436 g/mol. The standard InChI is InChI=1S/C23H20O10/c1-11(24)29-15-8-19(32-14(4)27)22-16(28)10-21(33-20(22)9-15)23-17(30-12(2)25)6-5-7-18(23)31-13(3)26/h5-9,21H,10H2,1-4H3/t21-/m1/s1. The van der Waals surface area contributed by atoms with Crippen molar-refractivity contribution in [3.63, 3.8) is 0 Å². The second kappa shape index (κ2) is 9.51. The van der Waals surface area contributed by atoms with Gasteiger partial charge in [-0.2, -0.15) is 0 Å². The molecule has 10 nitrogen and oxygen atoms in total. The molecule has 2 aromatic rings. The molecule has 0 fully saturated rings. The zero-order valence-electron chi connectivity index (χ0n) is 18.3. The fraction of sp³-hybridized carbons (Fsp3) is 0.261. The number of ether oxygens (including phenoxy) is 5. The Hall–Kier alpha value is -4.21. The molecule has 0 spiro atoms. The van der Waals surface area contributed by atoms with Crippen molar-refractivity contribution in [3.05, 3.63) is 41.5 Å². The van der Waals surface area contributed by atoms with Crippen LogP contribution in [0.2, 0.25) is 0 Å². The predicted octanol–water partition coefficient (Wildman–Crippen LogP) is 3.09. The third-order valence-electron chi connectivity index (χ3n) is 4.33.